The van der Waals surface area contributed by atoms with Crippen LogP contribution < -0.4 is 10.1 Å². The monoisotopic (exact) mass is 452 g/mol. The Kier molecular flexibility index (Phi) is 8.42. The lowest BCUT2D eigenvalue weighted by Crippen LogP contribution is -2.37. The minimum absolute atomic E-state index is 0.531. The van der Waals surface area contributed by atoms with E-state index in [1.807, 2.05) is 36.4 Å². The van der Waals surface area contributed by atoms with E-state index < -0.39 is 0 Å². The summed E-state index contributed by atoms with van der Waals surface area (Å²) < 4.78 is 12.5. The molecule has 146 valence electrons. The van der Waals surface area contributed by atoms with Gasteiger partial charge in [-0.3, -0.25) is 4.90 Å². The second kappa shape index (κ2) is 11.0. The molecule has 1 aliphatic rings. The van der Waals surface area contributed by atoms with E-state index in [0.717, 1.165) is 78.7 Å². The summed E-state index contributed by atoms with van der Waals surface area (Å²) in [5.41, 5.74) is 2.26. The summed E-state index contributed by atoms with van der Waals surface area (Å²) in [6.45, 7) is 7.25. The highest BCUT2D eigenvalue weighted by Gasteiger charge is 2.09. The van der Waals surface area contributed by atoms with Crippen molar-refractivity contribution in [3.05, 3.63) is 63.1 Å². The van der Waals surface area contributed by atoms with E-state index in [1.165, 1.54) is 0 Å². The molecule has 0 aromatic heterocycles. The molecule has 4 nitrogen and oxygen atoms in total. The van der Waals surface area contributed by atoms with Crippen molar-refractivity contribution in [2.75, 3.05) is 39.4 Å². The van der Waals surface area contributed by atoms with Gasteiger partial charge in [0.15, 0.2) is 0 Å². The minimum Gasteiger partial charge on any atom is -0.489 e. The van der Waals surface area contributed by atoms with Gasteiger partial charge in [-0.25, -0.2) is 0 Å². The molecule has 2 aromatic rings. The van der Waals surface area contributed by atoms with Crippen molar-refractivity contribution in [1.82, 2.24) is 10.2 Å². The Bertz CT molecular complexity index is 706. The largest absolute Gasteiger partial charge is 0.489 e. The maximum atomic E-state index is 6.04. The van der Waals surface area contributed by atoms with Crippen molar-refractivity contribution in [3.63, 3.8) is 0 Å². The van der Waals surface area contributed by atoms with Crippen LogP contribution in [0.5, 0.6) is 5.75 Å². The number of benzene rings is 2. The molecule has 1 N–H and O–H groups in total. The Labute approximate surface area is 174 Å². The molecule has 0 atom stereocenters. The van der Waals surface area contributed by atoms with Crippen LogP contribution in [0, 0.1) is 0 Å². The SMILES string of the molecule is Clc1ccc(COc2ccc(Br)cc2CNCCCN2CCOCC2)cc1. The Hall–Kier alpha value is -1.11. The van der Waals surface area contributed by atoms with Crippen LogP contribution in [-0.2, 0) is 17.9 Å². The summed E-state index contributed by atoms with van der Waals surface area (Å²) >= 11 is 9.50. The number of halogens is 2. The molecule has 1 fully saturated rings. The number of rotatable bonds is 9. The van der Waals surface area contributed by atoms with Gasteiger partial charge in [0.05, 0.1) is 13.2 Å². The van der Waals surface area contributed by atoms with E-state index in [9.17, 15) is 0 Å². The van der Waals surface area contributed by atoms with E-state index in [1.54, 1.807) is 0 Å². The fourth-order valence-corrected chi connectivity index (χ4v) is 3.58. The van der Waals surface area contributed by atoms with Crippen LogP contribution >= 0.6 is 27.5 Å². The first-order valence-electron chi connectivity index (χ1n) is 9.37. The van der Waals surface area contributed by atoms with E-state index >= 15 is 0 Å². The minimum atomic E-state index is 0.531. The molecule has 0 saturated carbocycles. The van der Waals surface area contributed by atoms with E-state index in [2.05, 4.69) is 32.2 Å². The Morgan fingerprint density at radius 1 is 1.11 bits per heavy atom. The molecule has 6 heteroatoms. The standard InChI is InChI=1S/C21H26BrClN2O2/c22-19-4-7-21(27-16-17-2-5-20(23)6-3-17)18(14-19)15-24-8-1-9-25-10-12-26-13-11-25/h2-7,14,24H,1,8-13,15-16H2. The van der Waals surface area contributed by atoms with Crippen LogP contribution in [-0.4, -0.2) is 44.3 Å². The van der Waals surface area contributed by atoms with E-state index in [-0.39, 0.29) is 0 Å². The van der Waals surface area contributed by atoms with Crippen molar-refractivity contribution < 1.29 is 9.47 Å². The zero-order valence-electron chi connectivity index (χ0n) is 15.4. The van der Waals surface area contributed by atoms with Gasteiger partial charge in [0.1, 0.15) is 12.4 Å². The van der Waals surface area contributed by atoms with Crippen LogP contribution in [0.1, 0.15) is 17.5 Å². The van der Waals surface area contributed by atoms with Gasteiger partial charge in [0.2, 0.25) is 0 Å². The molecule has 1 saturated heterocycles. The van der Waals surface area contributed by atoms with Crippen molar-refractivity contribution in [2.45, 2.75) is 19.6 Å². The van der Waals surface area contributed by atoms with Crippen molar-refractivity contribution in [3.8, 4) is 5.75 Å². The van der Waals surface area contributed by atoms with Crippen molar-refractivity contribution in [2.24, 2.45) is 0 Å². The van der Waals surface area contributed by atoms with Crippen LogP contribution in [0.3, 0.4) is 0 Å². The van der Waals surface area contributed by atoms with E-state index in [0.29, 0.717) is 6.61 Å². The molecule has 0 radical (unpaired) electrons. The molecule has 1 aliphatic heterocycles. The molecular formula is C21H26BrClN2O2. The quantitative estimate of drug-likeness (QED) is 0.567. The van der Waals surface area contributed by atoms with Gasteiger partial charge in [-0.15, -0.1) is 0 Å². The van der Waals surface area contributed by atoms with Gasteiger partial charge >= 0.3 is 0 Å². The number of nitrogens with one attached hydrogen (secondary N) is 1. The first kappa shape index (κ1) is 20.6. The average molecular weight is 454 g/mol. The second-order valence-corrected chi connectivity index (χ2v) is 8.00. The summed E-state index contributed by atoms with van der Waals surface area (Å²) in [7, 11) is 0. The number of hydrogen-bond acceptors (Lipinski definition) is 4. The summed E-state index contributed by atoms with van der Waals surface area (Å²) in [5, 5.41) is 4.28. The fraction of sp³-hybridized carbons (Fsp3) is 0.429. The molecule has 0 aliphatic carbocycles. The highest BCUT2D eigenvalue weighted by atomic mass is 79.9. The molecule has 0 spiro atoms. The lowest BCUT2D eigenvalue weighted by molar-refractivity contribution is 0.0374. The normalized spacial score (nSPS) is 15.0. The van der Waals surface area contributed by atoms with Gasteiger partial charge in [-0.05, 0) is 55.4 Å². The van der Waals surface area contributed by atoms with Crippen LogP contribution in [0.2, 0.25) is 5.02 Å². The first-order chi connectivity index (χ1) is 13.2. The maximum absolute atomic E-state index is 6.04. The lowest BCUT2D eigenvalue weighted by Gasteiger charge is -2.26. The molecule has 27 heavy (non-hydrogen) atoms. The highest BCUT2D eigenvalue weighted by Crippen LogP contribution is 2.24. The molecule has 2 aromatic carbocycles. The lowest BCUT2D eigenvalue weighted by atomic mass is 10.2. The maximum Gasteiger partial charge on any atom is 0.124 e. The zero-order valence-corrected chi connectivity index (χ0v) is 17.8. The van der Waals surface area contributed by atoms with Gasteiger partial charge < -0.3 is 14.8 Å². The smallest absolute Gasteiger partial charge is 0.124 e. The molecule has 0 unspecified atom stereocenters. The average Bonchev–Trinajstić information content (AvgIpc) is 2.69. The Balaban J connectivity index is 1.45. The summed E-state index contributed by atoms with van der Waals surface area (Å²) in [6, 6.07) is 13.9. The van der Waals surface area contributed by atoms with E-state index in [4.69, 9.17) is 21.1 Å². The second-order valence-electron chi connectivity index (χ2n) is 6.65. The number of ether oxygens (including phenoxy) is 2. The fourth-order valence-electron chi connectivity index (χ4n) is 3.04. The first-order valence-corrected chi connectivity index (χ1v) is 10.5. The van der Waals surface area contributed by atoms with Crippen molar-refractivity contribution >= 4 is 27.5 Å². The predicted octanol–water partition coefficient (Wildman–Crippen LogP) is 4.49. The van der Waals surface area contributed by atoms with Crippen LogP contribution in [0.25, 0.3) is 0 Å². The Morgan fingerprint density at radius 2 is 1.89 bits per heavy atom. The number of nitrogens with zero attached hydrogens (tertiary/aromatic N) is 1. The molecular weight excluding hydrogens is 428 g/mol. The molecule has 3 rings (SSSR count). The molecule has 0 bridgehead atoms. The van der Waals surface area contributed by atoms with Gasteiger partial charge in [0.25, 0.3) is 0 Å². The predicted molar refractivity (Wildman–Crippen MR) is 114 cm³/mol. The summed E-state index contributed by atoms with van der Waals surface area (Å²) in [6.07, 6.45) is 1.13. The summed E-state index contributed by atoms with van der Waals surface area (Å²) in [5.74, 6) is 0.911. The van der Waals surface area contributed by atoms with Crippen LogP contribution in [0.15, 0.2) is 46.9 Å². The van der Waals surface area contributed by atoms with Gasteiger partial charge in [0, 0.05) is 34.7 Å². The van der Waals surface area contributed by atoms with Gasteiger partial charge in [-0.2, -0.15) is 0 Å². The van der Waals surface area contributed by atoms with Crippen molar-refractivity contribution in [1.29, 1.82) is 0 Å². The topological polar surface area (TPSA) is 33.7 Å². The molecule has 0 amide bonds. The van der Waals surface area contributed by atoms with Gasteiger partial charge in [-0.1, -0.05) is 39.7 Å². The Morgan fingerprint density at radius 3 is 2.67 bits per heavy atom. The zero-order chi connectivity index (χ0) is 18.9. The number of morpholine rings is 1. The summed E-state index contributed by atoms with van der Waals surface area (Å²) in [4.78, 5) is 2.46. The third kappa shape index (κ3) is 7.09. The van der Waals surface area contributed by atoms with Crippen LogP contribution in [0.4, 0.5) is 0 Å². The third-order valence-electron chi connectivity index (χ3n) is 4.58. The molecule has 1 heterocycles. The highest BCUT2D eigenvalue weighted by molar-refractivity contribution is 9.10. The number of hydrogen-bond donors (Lipinski definition) is 1. The third-order valence-corrected chi connectivity index (χ3v) is 5.32.